The highest BCUT2D eigenvalue weighted by Gasteiger charge is 2.25. The molecule has 0 unspecified atom stereocenters. The standard InChI is InChI=1S/C13H14ClNO4/c14-10-6-3-7-11(15(17)18)13(10)19-8-12(16)9-4-1-2-5-9/h3,6-7,9H,1-2,4-5,8H2. The summed E-state index contributed by atoms with van der Waals surface area (Å²) >= 11 is 5.88. The lowest BCUT2D eigenvalue weighted by Crippen LogP contribution is -2.19. The minimum Gasteiger partial charge on any atom is -0.478 e. The number of nitrogens with zero attached hydrogens (tertiary/aromatic N) is 1. The highest BCUT2D eigenvalue weighted by molar-refractivity contribution is 6.32. The third-order valence-electron chi connectivity index (χ3n) is 3.31. The van der Waals surface area contributed by atoms with Crippen molar-refractivity contribution < 1.29 is 14.5 Å². The molecular formula is C13H14ClNO4. The number of hydrogen-bond donors (Lipinski definition) is 0. The molecule has 1 fully saturated rings. The van der Waals surface area contributed by atoms with Gasteiger partial charge in [-0.25, -0.2) is 0 Å². The smallest absolute Gasteiger partial charge is 0.312 e. The van der Waals surface area contributed by atoms with Crippen LogP contribution in [0.4, 0.5) is 5.69 Å². The quantitative estimate of drug-likeness (QED) is 0.613. The summed E-state index contributed by atoms with van der Waals surface area (Å²) in [5, 5.41) is 11.0. The van der Waals surface area contributed by atoms with Gasteiger partial charge in [-0.3, -0.25) is 14.9 Å². The van der Waals surface area contributed by atoms with Gasteiger partial charge in [-0.1, -0.05) is 30.5 Å². The van der Waals surface area contributed by atoms with E-state index in [0.717, 1.165) is 25.7 Å². The van der Waals surface area contributed by atoms with E-state index in [9.17, 15) is 14.9 Å². The number of rotatable bonds is 5. The summed E-state index contributed by atoms with van der Waals surface area (Å²) in [5.74, 6) is -0.00576. The van der Waals surface area contributed by atoms with Crippen molar-refractivity contribution in [2.75, 3.05) is 6.61 Å². The van der Waals surface area contributed by atoms with Crippen molar-refractivity contribution in [1.29, 1.82) is 0 Å². The van der Waals surface area contributed by atoms with Crippen LogP contribution in [0.5, 0.6) is 5.75 Å². The molecule has 1 aromatic rings. The van der Waals surface area contributed by atoms with Gasteiger partial charge in [0.1, 0.15) is 6.61 Å². The Morgan fingerprint density at radius 1 is 1.42 bits per heavy atom. The fourth-order valence-corrected chi connectivity index (χ4v) is 2.52. The third-order valence-corrected chi connectivity index (χ3v) is 3.61. The first-order valence-corrected chi connectivity index (χ1v) is 6.56. The number of carbonyl (C=O) groups is 1. The predicted molar refractivity (Wildman–Crippen MR) is 70.6 cm³/mol. The van der Waals surface area contributed by atoms with Gasteiger partial charge in [-0.05, 0) is 18.9 Å². The molecule has 0 radical (unpaired) electrons. The Bertz CT molecular complexity index is 497. The second-order valence-corrected chi connectivity index (χ2v) is 4.99. The number of Topliss-reactive ketones (excluding diaryl/α,β-unsaturated/α-hetero) is 1. The lowest BCUT2D eigenvalue weighted by molar-refractivity contribution is -0.385. The van der Waals surface area contributed by atoms with Crippen LogP contribution in [0.2, 0.25) is 5.02 Å². The molecule has 0 atom stereocenters. The van der Waals surface area contributed by atoms with E-state index in [-0.39, 0.29) is 34.8 Å². The first-order chi connectivity index (χ1) is 9.09. The number of ether oxygens (including phenoxy) is 1. The zero-order chi connectivity index (χ0) is 13.8. The molecule has 0 saturated heterocycles. The molecule has 0 aromatic heterocycles. The fourth-order valence-electron chi connectivity index (χ4n) is 2.29. The van der Waals surface area contributed by atoms with Crippen LogP contribution in [0.1, 0.15) is 25.7 Å². The van der Waals surface area contributed by atoms with Gasteiger partial charge in [-0.15, -0.1) is 0 Å². The number of nitro benzene ring substituents is 1. The van der Waals surface area contributed by atoms with Crippen LogP contribution in [0.25, 0.3) is 0 Å². The van der Waals surface area contributed by atoms with Gasteiger partial charge in [0.15, 0.2) is 5.78 Å². The van der Waals surface area contributed by atoms with Crippen molar-refractivity contribution in [2.24, 2.45) is 5.92 Å². The van der Waals surface area contributed by atoms with Crippen LogP contribution >= 0.6 is 11.6 Å². The summed E-state index contributed by atoms with van der Waals surface area (Å²) in [5.41, 5.74) is -0.216. The van der Waals surface area contributed by atoms with E-state index in [0.29, 0.717) is 0 Å². The molecule has 1 aromatic carbocycles. The minimum atomic E-state index is -0.568. The second kappa shape index (κ2) is 6.02. The molecule has 102 valence electrons. The van der Waals surface area contributed by atoms with Crippen molar-refractivity contribution in [3.63, 3.8) is 0 Å². The van der Waals surface area contributed by atoms with Crippen LogP contribution in [0, 0.1) is 16.0 Å². The van der Waals surface area contributed by atoms with Crippen molar-refractivity contribution >= 4 is 23.1 Å². The maximum atomic E-state index is 11.9. The fraction of sp³-hybridized carbons (Fsp3) is 0.462. The van der Waals surface area contributed by atoms with Crippen molar-refractivity contribution in [1.82, 2.24) is 0 Å². The molecule has 19 heavy (non-hydrogen) atoms. The summed E-state index contributed by atoms with van der Waals surface area (Å²) in [6.07, 6.45) is 3.88. The van der Waals surface area contributed by atoms with Crippen molar-refractivity contribution in [2.45, 2.75) is 25.7 Å². The van der Waals surface area contributed by atoms with Crippen LogP contribution in [0.3, 0.4) is 0 Å². The lowest BCUT2D eigenvalue weighted by atomic mass is 10.0. The first-order valence-electron chi connectivity index (χ1n) is 6.18. The summed E-state index contributed by atoms with van der Waals surface area (Å²) in [4.78, 5) is 22.2. The maximum Gasteiger partial charge on any atom is 0.312 e. The zero-order valence-electron chi connectivity index (χ0n) is 10.3. The number of halogens is 1. The topological polar surface area (TPSA) is 69.4 Å². The number of ketones is 1. The highest BCUT2D eigenvalue weighted by atomic mass is 35.5. The zero-order valence-corrected chi connectivity index (χ0v) is 11.1. The monoisotopic (exact) mass is 283 g/mol. The molecule has 1 aliphatic carbocycles. The van der Waals surface area contributed by atoms with Gasteiger partial charge >= 0.3 is 5.69 Å². The van der Waals surface area contributed by atoms with Gasteiger partial charge in [0.25, 0.3) is 0 Å². The number of nitro groups is 1. The highest BCUT2D eigenvalue weighted by Crippen LogP contribution is 2.34. The predicted octanol–water partition coefficient (Wildman–Crippen LogP) is 3.39. The normalized spacial score (nSPS) is 15.4. The Kier molecular flexibility index (Phi) is 4.37. The Hall–Kier alpha value is -1.62. The van der Waals surface area contributed by atoms with Crippen LogP contribution < -0.4 is 4.74 Å². The van der Waals surface area contributed by atoms with E-state index in [1.54, 1.807) is 0 Å². The molecular weight excluding hydrogens is 270 g/mol. The van der Waals surface area contributed by atoms with Gasteiger partial charge in [0.2, 0.25) is 5.75 Å². The first kappa shape index (κ1) is 13.8. The van der Waals surface area contributed by atoms with E-state index in [1.807, 2.05) is 0 Å². The van der Waals surface area contributed by atoms with Gasteiger partial charge in [0, 0.05) is 12.0 Å². The Morgan fingerprint density at radius 2 is 2.11 bits per heavy atom. The Morgan fingerprint density at radius 3 is 2.74 bits per heavy atom. The minimum absolute atomic E-state index is 0.00767. The molecule has 0 N–H and O–H groups in total. The molecule has 5 nitrogen and oxygen atoms in total. The van der Waals surface area contributed by atoms with Crippen LogP contribution in [0.15, 0.2) is 18.2 Å². The molecule has 2 rings (SSSR count). The van der Waals surface area contributed by atoms with E-state index < -0.39 is 4.92 Å². The van der Waals surface area contributed by atoms with Crippen LogP contribution in [-0.4, -0.2) is 17.3 Å². The SMILES string of the molecule is O=C(COc1c(Cl)cccc1[N+](=O)[O-])C1CCCC1. The average molecular weight is 284 g/mol. The largest absolute Gasteiger partial charge is 0.478 e. The van der Waals surface area contributed by atoms with Crippen molar-refractivity contribution in [3.05, 3.63) is 33.3 Å². The molecule has 0 heterocycles. The van der Waals surface area contributed by atoms with E-state index in [4.69, 9.17) is 16.3 Å². The summed E-state index contributed by atoms with van der Waals surface area (Å²) in [6.45, 7) is -0.158. The summed E-state index contributed by atoms with van der Waals surface area (Å²) in [7, 11) is 0. The van der Waals surface area contributed by atoms with E-state index >= 15 is 0 Å². The number of hydrogen-bond acceptors (Lipinski definition) is 4. The van der Waals surface area contributed by atoms with E-state index in [2.05, 4.69) is 0 Å². The van der Waals surface area contributed by atoms with Gasteiger partial charge in [-0.2, -0.15) is 0 Å². The number of para-hydroxylation sites is 1. The Labute approximate surface area is 115 Å². The van der Waals surface area contributed by atoms with Crippen molar-refractivity contribution in [3.8, 4) is 5.75 Å². The average Bonchev–Trinajstić information content (AvgIpc) is 2.90. The van der Waals surface area contributed by atoms with Gasteiger partial charge in [0.05, 0.1) is 9.95 Å². The lowest BCUT2D eigenvalue weighted by Gasteiger charge is -2.10. The number of benzene rings is 1. The molecule has 0 amide bonds. The molecule has 1 saturated carbocycles. The molecule has 0 spiro atoms. The Balaban J connectivity index is 2.06. The molecule has 6 heteroatoms. The number of carbonyl (C=O) groups excluding carboxylic acids is 1. The second-order valence-electron chi connectivity index (χ2n) is 4.58. The summed E-state index contributed by atoms with van der Waals surface area (Å²) in [6, 6.07) is 4.29. The molecule has 0 aliphatic heterocycles. The molecule has 0 bridgehead atoms. The summed E-state index contributed by atoms with van der Waals surface area (Å²) < 4.78 is 5.28. The molecule has 1 aliphatic rings. The van der Waals surface area contributed by atoms with Crippen LogP contribution in [-0.2, 0) is 4.79 Å². The van der Waals surface area contributed by atoms with E-state index in [1.165, 1.54) is 18.2 Å². The third kappa shape index (κ3) is 3.23. The van der Waals surface area contributed by atoms with Gasteiger partial charge < -0.3 is 4.74 Å². The maximum absolute atomic E-state index is 11.9.